The molecule has 0 saturated heterocycles. The number of amides is 1. The van der Waals surface area contributed by atoms with E-state index in [9.17, 15) is 9.59 Å². The summed E-state index contributed by atoms with van der Waals surface area (Å²) >= 11 is 5.85. The molecule has 21 heavy (non-hydrogen) atoms. The van der Waals surface area contributed by atoms with Gasteiger partial charge in [0, 0.05) is 5.02 Å². The number of aliphatic carboxylic acids is 1. The van der Waals surface area contributed by atoms with Crippen molar-refractivity contribution in [2.75, 3.05) is 0 Å². The van der Waals surface area contributed by atoms with Gasteiger partial charge in [0.05, 0.1) is 5.92 Å². The maximum atomic E-state index is 12.4. The lowest BCUT2D eigenvalue weighted by atomic mass is 9.87. The van der Waals surface area contributed by atoms with Crippen LogP contribution >= 0.6 is 11.6 Å². The lowest BCUT2D eigenvalue weighted by Gasteiger charge is -2.23. The molecule has 0 heterocycles. The lowest BCUT2D eigenvalue weighted by Crippen LogP contribution is -2.43. The number of rotatable bonds is 7. The molecule has 0 saturated carbocycles. The molecule has 1 aromatic rings. The Bertz CT molecular complexity index is 511. The second-order valence-corrected chi connectivity index (χ2v) is 5.63. The summed E-state index contributed by atoms with van der Waals surface area (Å²) in [5.41, 5.74) is 0.814. The molecule has 114 valence electrons. The number of nitrogens with one attached hydrogen (secondary N) is 1. The highest BCUT2D eigenvalue weighted by atomic mass is 35.5. The third kappa shape index (κ3) is 4.90. The Kier molecular flexibility index (Phi) is 6.43. The summed E-state index contributed by atoms with van der Waals surface area (Å²) in [6.07, 6.45) is 1.66. The predicted octanol–water partition coefficient (Wildman–Crippen LogP) is 3.23. The number of carbonyl (C=O) groups excluding carboxylic acids is 1. The zero-order chi connectivity index (χ0) is 16.0. The Morgan fingerprint density at radius 3 is 2.33 bits per heavy atom. The van der Waals surface area contributed by atoms with E-state index in [4.69, 9.17) is 16.7 Å². The quantitative estimate of drug-likeness (QED) is 0.760. The van der Waals surface area contributed by atoms with E-state index in [1.807, 2.05) is 13.8 Å². The van der Waals surface area contributed by atoms with Crippen molar-refractivity contribution < 1.29 is 14.7 Å². The first kappa shape index (κ1) is 17.2. The average molecular weight is 310 g/mol. The Labute approximate surface area is 129 Å². The Balaban J connectivity index is 2.94. The van der Waals surface area contributed by atoms with Gasteiger partial charge in [-0.2, -0.15) is 0 Å². The summed E-state index contributed by atoms with van der Waals surface area (Å²) in [7, 11) is 0. The van der Waals surface area contributed by atoms with Crippen molar-refractivity contribution in [1.29, 1.82) is 0 Å². The number of hydrogen-bond donors (Lipinski definition) is 2. The molecule has 0 aromatic heterocycles. The number of carbonyl (C=O) groups is 2. The topological polar surface area (TPSA) is 66.4 Å². The highest BCUT2D eigenvalue weighted by Gasteiger charge is 2.27. The van der Waals surface area contributed by atoms with Gasteiger partial charge in [-0.3, -0.25) is 4.79 Å². The fraction of sp³-hybridized carbons (Fsp3) is 0.375. The van der Waals surface area contributed by atoms with E-state index in [1.165, 1.54) is 6.08 Å². The summed E-state index contributed by atoms with van der Waals surface area (Å²) < 4.78 is 0. The molecule has 0 aliphatic heterocycles. The number of benzene rings is 1. The molecule has 0 radical (unpaired) electrons. The Morgan fingerprint density at radius 1 is 1.33 bits per heavy atom. The molecule has 4 nitrogen and oxygen atoms in total. The van der Waals surface area contributed by atoms with Gasteiger partial charge in [0.15, 0.2) is 0 Å². The zero-order valence-corrected chi connectivity index (χ0v) is 12.9. The van der Waals surface area contributed by atoms with E-state index in [0.29, 0.717) is 5.02 Å². The largest absolute Gasteiger partial charge is 0.480 e. The van der Waals surface area contributed by atoms with Crippen LogP contribution in [0.25, 0.3) is 0 Å². The minimum atomic E-state index is -1.07. The lowest BCUT2D eigenvalue weighted by molar-refractivity contribution is -0.142. The molecule has 5 heteroatoms. The van der Waals surface area contributed by atoms with Crippen molar-refractivity contribution in [3.8, 4) is 0 Å². The molecule has 1 aromatic carbocycles. The second kappa shape index (κ2) is 7.84. The van der Waals surface area contributed by atoms with Gasteiger partial charge in [-0.15, -0.1) is 6.58 Å². The molecule has 2 N–H and O–H groups in total. The van der Waals surface area contributed by atoms with Crippen molar-refractivity contribution in [2.24, 2.45) is 5.92 Å². The van der Waals surface area contributed by atoms with Gasteiger partial charge in [-0.25, -0.2) is 4.79 Å². The Morgan fingerprint density at radius 2 is 1.90 bits per heavy atom. The van der Waals surface area contributed by atoms with Gasteiger partial charge >= 0.3 is 5.97 Å². The summed E-state index contributed by atoms with van der Waals surface area (Å²) in [4.78, 5) is 23.5. The first-order valence-electron chi connectivity index (χ1n) is 6.76. The molecule has 0 spiro atoms. The average Bonchev–Trinajstić information content (AvgIpc) is 2.40. The van der Waals surface area contributed by atoms with Crippen LogP contribution in [0.1, 0.15) is 31.7 Å². The van der Waals surface area contributed by atoms with Crippen LogP contribution in [0.3, 0.4) is 0 Å². The van der Waals surface area contributed by atoms with Crippen molar-refractivity contribution in [1.82, 2.24) is 5.32 Å². The first-order chi connectivity index (χ1) is 9.86. The van der Waals surface area contributed by atoms with E-state index >= 15 is 0 Å². The molecule has 0 aliphatic rings. The molecule has 0 bridgehead atoms. The molecule has 0 fully saturated rings. The van der Waals surface area contributed by atoms with E-state index < -0.39 is 17.9 Å². The number of halogens is 1. The van der Waals surface area contributed by atoms with E-state index in [-0.39, 0.29) is 18.2 Å². The molecule has 1 amide bonds. The number of carboxylic acids is 1. The fourth-order valence-corrected chi connectivity index (χ4v) is 2.28. The molecular formula is C16H20ClNO3. The smallest absolute Gasteiger partial charge is 0.326 e. The van der Waals surface area contributed by atoms with Crippen LogP contribution in [0.2, 0.25) is 5.02 Å². The van der Waals surface area contributed by atoms with Crippen molar-refractivity contribution in [3.63, 3.8) is 0 Å². The molecule has 2 unspecified atom stereocenters. The molecule has 0 aliphatic carbocycles. The predicted molar refractivity (Wildman–Crippen MR) is 83.4 cm³/mol. The standard InChI is InChI=1S/C16H20ClNO3/c1-4-5-13(16(20)21)18-15(19)14(10(2)3)11-6-8-12(17)9-7-11/h4,6-10,13-14H,1,5H2,2-3H3,(H,18,19)(H,20,21). The van der Waals surface area contributed by atoms with E-state index in [2.05, 4.69) is 11.9 Å². The van der Waals surface area contributed by atoms with Gasteiger partial charge in [-0.05, 0) is 30.0 Å². The SMILES string of the molecule is C=CCC(NC(=O)C(c1ccc(Cl)cc1)C(C)C)C(=O)O. The van der Waals surface area contributed by atoms with Gasteiger partial charge in [0.25, 0.3) is 0 Å². The summed E-state index contributed by atoms with van der Waals surface area (Å²) in [6, 6.07) is 6.06. The maximum Gasteiger partial charge on any atom is 0.326 e. The van der Waals surface area contributed by atoms with Crippen LogP contribution in [-0.4, -0.2) is 23.0 Å². The molecule has 1 rings (SSSR count). The maximum absolute atomic E-state index is 12.4. The van der Waals surface area contributed by atoms with Crippen LogP contribution in [0.5, 0.6) is 0 Å². The van der Waals surface area contributed by atoms with Crippen molar-refractivity contribution >= 4 is 23.5 Å². The Hall–Kier alpha value is -1.81. The minimum Gasteiger partial charge on any atom is -0.480 e. The third-order valence-corrected chi connectivity index (χ3v) is 3.45. The number of carboxylic acid groups (broad SMARTS) is 1. The zero-order valence-electron chi connectivity index (χ0n) is 12.2. The van der Waals surface area contributed by atoms with Crippen LogP contribution in [0, 0.1) is 5.92 Å². The highest BCUT2D eigenvalue weighted by molar-refractivity contribution is 6.30. The van der Waals surface area contributed by atoms with Crippen LogP contribution < -0.4 is 5.32 Å². The third-order valence-electron chi connectivity index (χ3n) is 3.20. The fourth-order valence-electron chi connectivity index (χ4n) is 2.16. The normalized spacial score (nSPS) is 13.5. The molecular weight excluding hydrogens is 290 g/mol. The van der Waals surface area contributed by atoms with Crippen molar-refractivity contribution in [2.45, 2.75) is 32.2 Å². The second-order valence-electron chi connectivity index (χ2n) is 5.20. The highest BCUT2D eigenvalue weighted by Crippen LogP contribution is 2.26. The van der Waals surface area contributed by atoms with E-state index in [0.717, 1.165) is 5.56 Å². The number of hydrogen-bond acceptors (Lipinski definition) is 2. The summed E-state index contributed by atoms with van der Waals surface area (Å²) in [5, 5.41) is 12.3. The van der Waals surface area contributed by atoms with Gasteiger partial charge in [-0.1, -0.05) is 43.7 Å². The van der Waals surface area contributed by atoms with Crippen LogP contribution in [0.4, 0.5) is 0 Å². The first-order valence-corrected chi connectivity index (χ1v) is 7.14. The van der Waals surface area contributed by atoms with E-state index in [1.54, 1.807) is 24.3 Å². The van der Waals surface area contributed by atoms with Crippen LogP contribution in [0.15, 0.2) is 36.9 Å². The van der Waals surface area contributed by atoms with Gasteiger partial charge in [0.2, 0.25) is 5.91 Å². The molecule has 2 atom stereocenters. The summed E-state index contributed by atoms with van der Waals surface area (Å²) in [5.74, 6) is -1.76. The van der Waals surface area contributed by atoms with Gasteiger partial charge < -0.3 is 10.4 Å². The van der Waals surface area contributed by atoms with Gasteiger partial charge in [0.1, 0.15) is 6.04 Å². The monoisotopic (exact) mass is 309 g/mol. The van der Waals surface area contributed by atoms with Crippen molar-refractivity contribution in [3.05, 3.63) is 47.5 Å². The van der Waals surface area contributed by atoms with Crippen LogP contribution in [-0.2, 0) is 9.59 Å². The minimum absolute atomic E-state index is 0.0318. The summed E-state index contributed by atoms with van der Waals surface area (Å²) in [6.45, 7) is 7.35.